The number of carbonyl (C=O) groups is 6. The Hall–Kier alpha value is -3.90. The van der Waals surface area contributed by atoms with E-state index in [1.165, 1.54) is 40.0 Å². The summed E-state index contributed by atoms with van der Waals surface area (Å²) in [5, 5.41) is 25.1. The van der Waals surface area contributed by atoms with Gasteiger partial charge in [-0.3, -0.25) is 28.8 Å². The van der Waals surface area contributed by atoms with Gasteiger partial charge in [-0.15, -0.1) is 13.2 Å². The van der Waals surface area contributed by atoms with Crippen molar-refractivity contribution in [2.45, 2.75) is 91.5 Å². The van der Waals surface area contributed by atoms with Crippen LogP contribution in [0.1, 0.15) is 73.1 Å². The second-order valence-corrected chi connectivity index (χ2v) is 12.3. The van der Waals surface area contributed by atoms with Gasteiger partial charge in [0.2, 0.25) is 17.7 Å². The van der Waals surface area contributed by atoms with E-state index in [1.54, 1.807) is 20.2 Å². The van der Waals surface area contributed by atoms with Crippen molar-refractivity contribution in [3.63, 3.8) is 0 Å². The molecule has 0 aromatic carbocycles. The molecule has 1 aliphatic rings. The molecule has 8 unspecified atom stereocenters. The third kappa shape index (κ3) is 39.6. The zero-order chi connectivity index (χ0) is 43.4. The normalized spacial score (nSPS) is 15.5. The SMILES string of the molecule is C=CC(C)=O.C=CC(N)=O.C=CC(O)CNC.C=CC1CO1.CCCC(CC(CC(C(O)CNC)C(CC(CC)C(C)=O)C(N)=O)C(N)=O)C(C)=O.CN.O. The Morgan fingerprint density at radius 3 is 1.45 bits per heavy atom. The number of hydrogen-bond donors (Lipinski definition) is 8. The summed E-state index contributed by atoms with van der Waals surface area (Å²) >= 11 is 0. The van der Waals surface area contributed by atoms with Gasteiger partial charge in [-0.1, -0.05) is 45.6 Å². The maximum absolute atomic E-state index is 12.3. The topological polar surface area (TPSA) is 315 Å². The molecule has 0 aromatic heterocycles. The standard InChI is InChI=1S/C22H41N3O5.C5H11NO.2C4H6O.C3H5NO.CH5N.H2O/c1-6-8-16(14(4)27)9-17(21(23)29)11-18(20(28)12-25-5)19(22(24)30)10-15(7-2)13(3)26;1-3-5(7)4-6-2;1-2-4-3-5-4;1-3-4(2)5;1-2-3(4)5;1-2;/h15-20,25,28H,6-12H2,1-5H3,(H2,23,29)(H2,24,30);3,5-7H,1,4H2,2H3;2,4H,1,3H2;3H,1H2,2H3;2H,1H2,(H2,4,5);2H2,1H3;1H2. The van der Waals surface area contributed by atoms with Gasteiger partial charge in [0.1, 0.15) is 11.6 Å². The van der Waals surface area contributed by atoms with E-state index < -0.39 is 47.7 Å². The number of nitrogens with one attached hydrogen (secondary N) is 2. The third-order valence-electron chi connectivity index (χ3n) is 7.93. The molecule has 0 aromatic rings. The number of allylic oxidation sites excluding steroid dienone is 1. The van der Waals surface area contributed by atoms with Gasteiger partial charge in [-0.25, -0.2) is 0 Å². The lowest BCUT2D eigenvalue weighted by Gasteiger charge is -2.33. The quantitative estimate of drug-likeness (QED) is 0.0403. The van der Waals surface area contributed by atoms with Gasteiger partial charge in [-0.2, -0.15) is 0 Å². The van der Waals surface area contributed by atoms with Gasteiger partial charge in [0.05, 0.1) is 24.9 Å². The van der Waals surface area contributed by atoms with Crippen molar-refractivity contribution in [2.24, 2.45) is 52.5 Å². The predicted octanol–water partition coefficient (Wildman–Crippen LogP) is 0.670. The van der Waals surface area contributed by atoms with E-state index in [2.05, 4.69) is 48.4 Å². The summed E-state index contributed by atoms with van der Waals surface area (Å²) in [6.07, 6.45) is 7.29. The third-order valence-corrected chi connectivity index (χ3v) is 7.93. The molecule has 1 saturated heterocycles. The zero-order valence-electron chi connectivity index (χ0n) is 34.7. The maximum atomic E-state index is 12.3. The number of ether oxygens (including phenoxy) is 1. The number of hydrogen-bond acceptors (Lipinski definition) is 12. The van der Waals surface area contributed by atoms with Gasteiger partial charge in [0, 0.05) is 36.8 Å². The molecule has 0 radical (unpaired) electrons. The van der Waals surface area contributed by atoms with Gasteiger partial charge >= 0.3 is 0 Å². The predicted molar refractivity (Wildman–Crippen MR) is 220 cm³/mol. The summed E-state index contributed by atoms with van der Waals surface area (Å²) < 4.78 is 4.74. The number of epoxide rings is 1. The molecule has 14 N–H and O–H groups in total. The van der Waals surface area contributed by atoms with Gasteiger partial charge < -0.3 is 54.0 Å². The van der Waals surface area contributed by atoms with Crippen molar-refractivity contribution in [1.82, 2.24) is 10.6 Å². The molecule has 1 aliphatic heterocycles. The van der Waals surface area contributed by atoms with E-state index >= 15 is 0 Å². The molecule has 55 heavy (non-hydrogen) atoms. The number of amides is 3. The number of nitrogens with two attached hydrogens (primary N) is 4. The monoisotopic (exact) mass is 789 g/mol. The van der Waals surface area contributed by atoms with Gasteiger partial charge in [0.25, 0.3) is 0 Å². The lowest BCUT2D eigenvalue weighted by molar-refractivity contribution is -0.131. The van der Waals surface area contributed by atoms with E-state index in [-0.39, 0.29) is 60.5 Å². The van der Waals surface area contributed by atoms with E-state index in [0.29, 0.717) is 25.5 Å². The molecule has 1 fully saturated rings. The fourth-order valence-electron chi connectivity index (χ4n) is 4.70. The molecule has 0 spiro atoms. The molecule has 0 saturated carbocycles. The molecule has 1 heterocycles. The lowest BCUT2D eigenvalue weighted by Crippen LogP contribution is -2.44. The maximum Gasteiger partial charge on any atom is 0.240 e. The largest absolute Gasteiger partial charge is 0.412 e. The van der Waals surface area contributed by atoms with E-state index in [1.807, 2.05) is 13.8 Å². The average molecular weight is 789 g/mol. The Balaban J connectivity index is -0.000000192. The van der Waals surface area contributed by atoms with Crippen LogP contribution < -0.4 is 33.6 Å². The highest BCUT2D eigenvalue weighted by Gasteiger charge is 2.38. The average Bonchev–Trinajstić information content (AvgIpc) is 3.97. The molecule has 16 heteroatoms. The number of aliphatic hydroxyl groups excluding tert-OH is 2. The number of likely N-dealkylation sites (N-methyl/N-ethyl adjacent to an activating group) is 2. The summed E-state index contributed by atoms with van der Waals surface area (Å²) in [4.78, 5) is 67.6. The Bertz CT molecular complexity index is 1080. The number of Topliss-reactive ketones (excluding diaryl/α,β-unsaturated/α-hetero) is 2. The first-order valence-corrected chi connectivity index (χ1v) is 18.0. The van der Waals surface area contributed by atoms with Crippen molar-refractivity contribution in [1.29, 1.82) is 0 Å². The van der Waals surface area contributed by atoms with Crippen LogP contribution in [-0.4, -0.2) is 110 Å². The lowest BCUT2D eigenvalue weighted by atomic mass is 9.73. The van der Waals surface area contributed by atoms with Crippen LogP contribution in [0.4, 0.5) is 0 Å². The Kier molecular flexibility index (Phi) is 47.3. The highest BCUT2D eigenvalue weighted by molar-refractivity contribution is 5.86. The number of carbonyl (C=O) groups excluding carboxylic acids is 6. The Morgan fingerprint density at radius 1 is 0.782 bits per heavy atom. The molecule has 0 aliphatic carbocycles. The van der Waals surface area contributed by atoms with Crippen LogP contribution in [-0.2, 0) is 33.5 Å². The van der Waals surface area contributed by atoms with E-state index in [4.69, 9.17) is 21.3 Å². The molecule has 322 valence electrons. The summed E-state index contributed by atoms with van der Waals surface area (Å²) in [6.45, 7) is 23.1. The van der Waals surface area contributed by atoms with Crippen LogP contribution in [0.2, 0.25) is 0 Å². The molecule has 1 rings (SSSR count). The second kappa shape index (κ2) is 41.3. The van der Waals surface area contributed by atoms with Crippen LogP contribution in [0.25, 0.3) is 0 Å². The van der Waals surface area contributed by atoms with Crippen LogP contribution in [0, 0.1) is 29.6 Å². The zero-order valence-corrected chi connectivity index (χ0v) is 34.7. The molecular formula is C39H76N6O10. The van der Waals surface area contributed by atoms with Crippen molar-refractivity contribution >= 4 is 35.1 Å². The van der Waals surface area contributed by atoms with Crippen molar-refractivity contribution in [3.8, 4) is 0 Å². The summed E-state index contributed by atoms with van der Waals surface area (Å²) in [5.41, 5.74) is 20.3. The van der Waals surface area contributed by atoms with Gasteiger partial charge in [0.15, 0.2) is 5.78 Å². The first-order chi connectivity index (χ1) is 25.3. The van der Waals surface area contributed by atoms with E-state index in [9.17, 15) is 33.9 Å². The van der Waals surface area contributed by atoms with Crippen LogP contribution >= 0.6 is 0 Å². The van der Waals surface area contributed by atoms with Crippen LogP contribution in [0.5, 0.6) is 0 Å². The molecular weight excluding hydrogens is 712 g/mol. The minimum absolute atomic E-state index is 0. The molecule has 16 nitrogen and oxygen atoms in total. The molecule has 3 amide bonds. The minimum atomic E-state index is -0.958. The minimum Gasteiger partial charge on any atom is -0.412 e. The number of aliphatic hydroxyl groups is 2. The number of rotatable bonds is 23. The number of ketones is 3. The highest BCUT2D eigenvalue weighted by Crippen LogP contribution is 2.33. The summed E-state index contributed by atoms with van der Waals surface area (Å²) in [7, 11) is 4.95. The summed E-state index contributed by atoms with van der Waals surface area (Å²) in [5.74, 6) is -4.49. The van der Waals surface area contributed by atoms with E-state index in [0.717, 1.165) is 19.1 Å². The molecule has 0 bridgehead atoms. The fourth-order valence-corrected chi connectivity index (χ4v) is 4.70. The number of primary amides is 3. The summed E-state index contributed by atoms with van der Waals surface area (Å²) in [6, 6.07) is 0. The smallest absolute Gasteiger partial charge is 0.240 e. The van der Waals surface area contributed by atoms with Crippen LogP contribution in [0.3, 0.4) is 0 Å². The van der Waals surface area contributed by atoms with Crippen molar-refractivity contribution in [3.05, 3.63) is 50.6 Å². The highest BCUT2D eigenvalue weighted by atomic mass is 16.6. The first kappa shape index (κ1) is 63.1. The van der Waals surface area contributed by atoms with Crippen molar-refractivity contribution in [2.75, 3.05) is 40.8 Å². The Labute approximate surface area is 329 Å². The fraction of sp³-hybridized carbons (Fsp3) is 0.641. The van der Waals surface area contributed by atoms with Crippen LogP contribution in [0.15, 0.2) is 50.6 Å². The molecule has 8 atom stereocenters. The Morgan fingerprint density at radius 2 is 1.24 bits per heavy atom. The first-order valence-electron chi connectivity index (χ1n) is 18.0. The van der Waals surface area contributed by atoms with Crippen molar-refractivity contribution < 1.29 is 49.2 Å². The van der Waals surface area contributed by atoms with Gasteiger partial charge in [-0.05, 0) is 92.1 Å². The second-order valence-electron chi connectivity index (χ2n) is 12.3.